The van der Waals surface area contributed by atoms with E-state index in [2.05, 4.69) is 4.98 Å². The number of hydrogen-bond donors (Lipinski definition) is 1. The zero-order valence-corrected chi connectivity index (χ0v) is 9.53. The van der Waals surface area contributed by atoms with Crippen LogP contribution in [0.15, 0.2) is 36.4 Å². The highest BCUT2D eigenvalue weighted by Gasteiger charge is 2.07. The van der Waals surface area contributed by atoms with E-state index in [1.807, 2.05) is 30.3 Å². The molecule has 0 fully saturated rings. The number of hydrogen-bond acceptors (Lipinski definition) is 3. The number of ether oxygens (including phenoxy) is 1. The molecule has 2 rings (SSSR count). The van der Waals surface area contributed by atoms with Gasteiger partial charge in [0.05, 0.1) is 18.5 Å². The molecule has 0 bridgehead atoms. The van der Waals surface area contributed by atoms with Gasteiger partial charge in [-0.05, 0) is 24.3 Å². The molecule has 0 aliphatic heterocycles. The van der Waals surface area contributed by atoms with E-state index in [1.165, 1.54) is 0 Å². The highest BCUT2D eigenvalue weighted by molar-refractivity contribution is 6.31. The summed E-state index contributed by atoms with van der Waals surface area (Å²) in [5.74, 6) is 0.760. The largest absolute Gasteiger partial charge is 0.496 e. The third-order valence-electron chi connectivity index (χ3n) is 2.26. The fraction of sp³-hybridized carbons (Fsp3) is 0.0833. The van der Waals surface area contributed by atoms with Crippen LogP contribution >= 0.6 is 11.6 Å². The van der Waals surface area contributed by atoms with Gasteiger partial charge in [0.25, 0.3) is 0 Å². The van der Waals surface area contributed by atoms with Gasteiger partial charge in [-0.1, -0.05) is 23.7 Å². The Morgan fingerprint density at radius 3 is 2.62 bits per heavy atom. The van der Waals surface area contributed by atoms with Crippen LogP contribution in [0.4, 0.5) is 5.69 Å². The SMILES string of the molecule is COc1ccccc1-c1ccc(N)c(Cl)n1. The number of nitrogen functional groups attached to an aromatic ring is 1. The Bertz CT molecular complexity index is 514. The molecule has 0 saturated carbocycles. The predicted octanol–water partition coefficient (Wildman–Crippen LogP) is 2.99. The van der Waals surface area contributed by atoms with Crippen molar-refractivity contribution in [2.24, 2.45) is 0 Å². The van der Waals surface area contributed by atoms with Crippen LogP contribution in [-0.2, 0) is 0 Å². The summed E-state index contributed by atoms with van der Waals surface area (Å²) in [7, 11) is 1.62. The van der Waals surface area contributed by atoms with Gasteiger partial charge < -0.3 is 10.5 Å². The average Bonchev–Trinajstić information content (AvgIpc) is 2.32. The fourth-order valence-electron chi connectivity index (χ4n) is 1.45. The molecule has 0 radical (unpaired) electrons. The molecule has 0 atom stereocenters. The summed E-state index contributed by atoms with van der Waals surface area (Å²) in [4.78, 5) is 4.21. The summed E-state index contributed by atoms with van der Waals surface area (Å²) < 4.78 is 5.26. The lowest BCUT2D eigenvalue weighted by Crippen LogP contribution is -1.93. The summed E-state index contributed by atoms with van der Waals surface area (Å²) in [5.41, 5.74) is 7.73. The minimum Gasteiger partial charge on any atom is -0.496 e. The summed E-state index contributed by atoms with van der Waals surface area (Å²) in [6.07, 6.45) is 0. The van der Waals surface area contributed by atoms with Crippen LogP contribution in [-0.4, -0.2) is 12.1 Å². The third kappa shape index (κ3) is 1.95. The van der Waals surface area contributed by atoms with Crippen LogP contribution in [0, 0.1) is 0 Å². The molecular formula is C12H11ClN2O. The average molecular weight is 235 g/mol. The first kappa shape index (κ1) is 10.8. The summed E-state index contributed by atoms with van der Waals surface area (Å²) in [6, 6.07) is 11.2. The Hall–Kier alpha value is -1.74. The zero-order valence-electron chi connectivity index (χ0n) is 8.77. The smallest absolute Gasteiger partial charge is 0.152 e. The number of nitrogens with zero attached hydrogens (tertiary/aromatic N) is 1. The Morgan fingerprint density at radius 2 is 1.94 bits per heavy atom. The van der Waals surface area contributed by atoms with Crippen LogP contribution in [0.25, 0.3) is 11.3 Å². The van der Waals surface area contributed by atoms with Crippen molar-refractivity contribution in [3.63, 3.8) is 0 Å². The minimum atomic E-state index is 0.309. The molecule has 82 valence electrons. The number of benzene rings is 1. The number of halogens is 1. The van der Waals surface area contributed by atoms with Crippen LogP contribution in [0.1, 0.15) is 0 Å². The van der Waals surface area contributed by atoms with Gasteiger partial charge in [0.2, 0.25) is 0 Å². The summed E-state index contributed by atoms with van der Waals surface area (Å²) >= 11 is 5.88. The Balaban J connectivity index is 2.54. The van der Waals surface area contributed by atoms with Crippen molar-refractivity contribution in [2.45, 2.75) is 0 Å². The van der Waals surface area contributed by atoms with E-state index in [0.29, 0.717) is 10.8 Å². The van der Waals surface area contributed by atoms with Gasteiger partial charge in [0.15, 0.2) is 5.15 Å². The maximum absolute atomic E-state index is 5.88. The van der Waals surface area contributed by atoms with Crippen molar-refractivity contribution in [1.82, 2.24) is 4.98 Å². The van der Waals surface area contributed by atoms with E-state index < -0.39 is 0 Å². The molecule has 2 N–H and O–H groups in total. The Kier molecular flexibility index (Phi) is 2.97. The van der Waals surface area contributed by atoms with E-state index in [0.717, 1.165) is 17.0 Å². The quantitative estimate of drug-likeness (QED) is 0.813. The van der Waals surface area contributed by atoms with Crippen LogP contribution < -0.4 is 10.5 Å². The number of pyridine rings is 1. The number of anilines is 1. The minimum absolute atomic E-state index is 0.309. The lowest BCUT2D eigenvalue weighted by Gasteiger charge is -2.08. The lowest BCUT2D eigenvalue weighted by molar-refractivity contribution is 0.416. The highest BCUT2D eigenvalue weighted by atomic mass is 35.5. The second kappa shape index (κ2) is 4.41. The monoisotopic (exact) mass is 234 g/mol. The molecule has 16 heavy (non-hydrogen) atoms. The first-order chi connectivity index (χ1) is 7.72. The maximum atomic E-state index is 5.88. The first-order valence-electron chi connectivity index (χ1n) is 4.78. The van der Waals surface area contributed by atoms with Crippen molar-refractivity contribution in [3.05, 3.63) is 41.6 Å². The van der Waals surface area contributed by atoms with E-state index in [1.54, 1.807) is 13.2 Å². The predicted molar refractivity (Wildman–Crippen MR) is 65.6 cm³/mol. The number of nitrogens with two attached hydrogens (primary N) is 1. The van der Waals surface area contributed by atoms with Gasteiger partial charge in [-0.3, -0.25) is 0 Å². The van der Waals surface area contributed by atoms with Gasteiger partial charge in [-0.2, -0.15) is 0 Å². The Morgan fingerprint density at radius 1 is 1.19 bits per heavy atom. The second-order valence-corrected chi connectivity index (χ2v) is 3.63. The maximum Gasteiger partial charge on any atom is 0.152 e. The molecule has 3 nitrogen and oxygen atoms in total. The Labute approximate surface area is 98.8 Å². The topological polar surface area (TPSA) is 48.1 Å². The normalized spacial score (nSPS) is 10.1. The fourth-order valence-corrected chi connectivity index (χ4v) is 1.61. The molecule has 0 saturated heterocycles. The van der Waals surface area contributed by atoms with E-state index in [9.17, 15) is 0 Å². The van der Waals surface area contributed by atoms with E-state index in [-0.39, 0.29) is 0 Å². The third-order valence-corrected chi connectivity index (χ3v) is 2.56. The summed E-state index contributed by atoms with van der Waals surface area (Å²) in [6.45, 7) is 0. The molecule has 0 amide bonds. The molecule has 0 unspecified atom stereocenters. The van der Waals surface area contributed by atoms with Gasteiger partial charge >= 0.3 is 0 Å². The number of aromatic nitrogens is 1. The molecule has 0 aliphatic carbocycles. The van der Waals surface area contributed by atoms with Gasteiger partial charge in [-0.25, -0.2) is 4.98 Å². The number of para-hydroxylation sites is 1. The van der Waals surface area contributed by atoms with E-state index >= 15 is 0 Å². The van der Waals surface area contributed by atoms with Crippen molar-refractivity contribution in [1.29, 1.82) is 0 Å². The molecule has 1 heterocycles. The molecule has 0 aliphatic rings. The van der Waals surface area contributed by atoms with Crippen molar-refractivity contribution >= 4 is 17.3 Å². The van der Waals surface area contributed by atoms with Crippen LogP contribution in [0.2, 0.25) is 5.15 Å². The van der Waals surface area contributed by atoms with Gasteiger partial charge in [0, 0.05) is 5.56 Å². The number of rotatable bonds is 2. The molecule has 1 aromatic carbocycles. The summed E-state index contributed by atoms with van der Waals surface area (Å²) in [5, 5.41) is 0.309. The molecule has 4 heteroatoms. The highest BCUT2D eigenvalue weighted by Crippen LogP contribution is 2.30. The number of methoxy groups -OCH3 is 1. The molecule has 0 spiro atoms. The molecular weight excluding hydrogens is 224 g/mol. The van der Waals surface area contributed by atoms with Crippen molar-refractivity contribution in [2.75, 3.05) is 12.8 Å². The van der Waals surface area contributed by atoms with E-state index in [4.69, 9.17) is 22.1 Å². The van der Waals surface area contributed by atoms with Gasteiger partial charge in [0.1, 0.15) is 5.75 Å². The molecule has 2 aromatic rings. The van der Waals surface area contributed by atoms with Crippen LogP contribution in [0.3, 0.4) is 0 Å². The standard InChI is InChI=1S/C12H11ClN2O/c1-16-11-5-3-2-4-8(11)10-7-6-9(14)12(13)15-10/h2-7H,14H2,1H3. The van der Waals surface area contributed by atoms with Crippen LogP contribution in [0.5, 0.6) is 5.75 Å². The van der Waals surface area contributed by atoms with Crippen molar-refractivity contribution < 1.29 is 4.74 Å². The van der Waals surface area contributed by atoms with Gasteiger partial charge in [-0.15, -0.1) is 0 Å². The lowest BCUT2D eigenvalue weighted by atomic mass is 10.1. The zero-order chi connectivity index (χ0) is 11.5. The molecule has 1 aromatic heterocycles. The second-order valence-electron chi connectivity index (χ2n) is 3.28. The first-order valence-corrected chi connectivity index (χ1v) is 5.15. The van der Waals surface area contributed by atoms with Crippen molar-refractivity contribution in [3.8, 4) is 17.0 Å².